The molecule has 3 N–H and O–H groups in total. The maximum absolute atomic E-state index is 14.1. The van der Waals surface area contributed by atoms with Crippen LogP contribution in [0.15, 0.2) is 54.7 Å². The van der Waals surface area contributed by atoms with Crippen molar-refractivity contribution in [3.63, 3.8) is 0 Å². The van der Waals surface area contributed by atoms with Gasteiger partial charge in [-0.05, 0) is 41.7 Å². The molecule has 7 heteroatoms. The van der Waals surface area contributed by atoms with Crippen LogP contribution < -0.4 is 15.7 Å². The molecule has 3 aromatic rings. The Labute approximate surface area is 182 Å². The van der Waals surface area contributed by atoms with Crippen molar-refractivity contribution in [2.45, 2.75) is 25.4 Å². The summed E-state index contributed by atoms with van der Waals surface area (Å²) in [5.74, 6) is 0.440. The second-order valence-corrected chi connectivity index (χ2v) is 11.6. The predicted molar refractivity (Wildman–Crippen MR) is 126 cm³/mol. The Morgan fingerprint density at radius 3 is 2.97 bits per heavy atom. The van der Waals surface area contributed by atoms with Crippen molar-refractivity contribution in [1.29, 1.82) is 0 Å². The first-order valence-electron chi connectivity index (χ1n) is 10.9. The minimum Gasteiger partial charge on any atom is -0.383 e. The third kappa shape index (κ3) is 4.10. The van der Waals surface area contributed by atoms with Crippen molar-refractivity contribution >= 4 is 35.5 Å². The molecule has 1 amide bonds. The summed E-state index contributed by atoms with van der Waals surface area (Å²) < 4.78 is 14.1. The number of para-hydroxylation sites is 1. The van der Waals surface area contributed by atoms with Gasteiger partial charge in [0.05, 0.1) is 29.5 Å². The van der Waals surface area contributed by atoms with E-state index in [9.17, 15) is 9.36 Å². The molecule has 160 valence electrons. The summed E-state index contributed by atoms with van der Waals surface area (Å²) in [6.45, 7) is 3.49. The molecule has 0 radical (unpaired) electrons. The molecule has 31 heavy (non-hydrogen) atoms. The van der Waals surface area contributed by atoms with Gasteiger partial charge in [0.1, 0.15) is 0 Å². The normalized spacial score (nSPS) is 23.9. The molecule has 2 aliphatic heterocycles. The predicted octanol–water partition coefficient (Wildman–Crippen LogP) is 4.79. The minimum absolute atomic E-state index is 0.0140. The molecule has 6 nitrogen and oxygen atoms in total. The summed E-state index contributed by atoms with van der Waals surface area (Å²) in [7, 11) is -2.67. The zero-order valence-electron chi connectivity index (χ0n) is 17.6. The van der Waals surface area contributed by atoms with Gasteiger partial charge < -0.3 is 15.2 Å². The van der Waals surface area contributed by atoms with Gasteiger partial charge in [-0.3, -0.25) is 14.9 Å². The van der Waals surface area contributed by atoms with Crippen LogP contribution in [-0.4, -0.2) is 30.1 Å². The molecule has 2 aromatic carbocycles. The molecule has 0 spiro atoms. The van der Waals surface area contributed by atoms with E-state index < -0.39 is 7.29 Å². The average Bonchev–Trinajstić information content (AvgIpc) is 3.13. The number of benzene rings is 2. The molecular weight excluding hydrogens is 407 g/mol. The van der Waals surface area contributed by atoms with E-state index in [4.69, 9.17) is 0 Å². The van der Waals surface area contributed by atoms with E-state index in [2.05, 4.69) is 39.8 Å². The van der Waals surface area contributed by atoms with Crippen LogP contribution in [0.2, 0.25) is 0 Å². The summed E-state index contributed by atoms with van der Waals surface area (Å²) in [5.41, 5.74) is 4.55. The lowest BCUT2D eigenvalue weighted by Gasteiger charge is -2.35. The molecule has 2 aliphatic rings. The first-order valence-corrected chi connectivity index (χ1v) is 12.8. The van der Waals surface area contributed by atoms with E-state index in [1.807, 2.05) is 42.6 Å². The summed E-state index contributed by atoms with van der Waals surface area (Å²) in [4.78, 5) is 16.3. The highest BCUT2D eigenvalue weighted by molar-refractivity contribution is 7.62. The summed E-state index contributed by atoms with van der Waals surface area (Å²) in [6.07, 6.45) is 3.94. The van der Waals surface area contributed by atoms with E-state index in [1.165, 1.54) is 0 Å². The van der Waals surface area contributed by atoms with E-state index in [0.717, 1.165) is 46.4 Å². The van der Waals surface area contributed by atoms with Gasteiger partial charge in [-0.2, -0.15) is 0 Å². The number of rotatable bonds is 5. The molecule has 0 aliphatic carbocycles. The monoisotopic (exact) mass is 434 g/mol. The number of pyridine rings is 1. The van der Waals surface area contributed by atoms with Crippen LogP contribution in [0.3, 0.4) is 0 Å². The van der Waals surface area contributed by atoms with Gasteiger partial charge in [0.2, 0.25) is 5.91 Å². The lowest BCUT2D eigenvalue weighted by molar-refractivity contribution is -0.115. The maximum Gasteiger partial charge on any atom is 0.228 e. The molecule has 3 heterocycles. The zero-order valence-corrected chi connectivity index (χ0v) is 18.5. The first-order chi connectivity index (χ1) is 15.0. The largest absolute Gasteiger partial charge is 0.383 e. The Hall–Kier alpha value is -2.69. The number of carbonyl (C=O) groups is 1. The number of nitrogens with zero attached hydrogens (tertiary/aromatic N) is 1. The van der Waals surface area contributed by atoms with Crippen molar-refractivity contribution in [3.8, 4) is 0 Å². The number of aromatic nitrogens is 1. The van der Waals surface area contributed by atoms with Gasteiger partial charge in [0, 0.05) is 30.3 Å². The minimum atomic E-state index is -2.67. The van der Waals surface area contributed by atoms with Crippen LogP contribution in [-0.2, 0) is 15.8 Å². The van der Waals surface area contributed by atoms with Crippen LogP contribution in [0.5, 0.6) is 0 Å². The molecule has 5 rings (SSSR count). The fourth-order valence-electron chi connectivity index (χ4n) is 4.70. The van der Waals surface area contributed by atoms with Crippen molar-refractivity contribution in [3.05, 3.63) is 65.9 Å². The molecule has 1 aromatic heterocycles. The standard InChI is InChI=1S/C24H27N4O2P/c1-16-8-9-27-31(30,15-16)23(18-6-7-22-19(10-18)12-24(29)28-22)14-25-20-11-17-4-2-3-5-21(17)26-13-20/h2-7,10-11,13,16,23,25H,8-9,12,14-15H2,1H3,(H,27,30)(H,28,29)/t16-,23?,31?/m1/s1. The highest BCUT2D eigenvalue weighted by Gasteiger charge is 2.38. The Morgan fingerprint density at radius 1 is 1.23 bits per heavy atom. The van der Waals surface area contributed by atoms with Crippen molar-refractivity contribution in [2.75, 3.05) is 29.9 Å². The quantitative estimate of drug-likeness (QED) is 0.503. The van der Waals surface area contributed by atoms with Gasteiger partial charge in [-0.15, -0.1) is 0 Å². The average molecular weight is 434 g/mol. The SMILES string of the molecule is C[C@@H]1CCNP(=O)(C(CNc2cnc3ccccc3c2)c2ccc3c(c2)CC(=O)N3)C1. The number of hydrogen-bond donors (Lipinski definition) is 3. The van der Waals surface area contributed by atoms with Crippen LogP contribution in [0, 0.1) is 5.92 Å². The van der Waals surface area contributed by atoms with Gasteiger partial charge in [0.25, 0.3) is 0 Å². The second-order valence-electron chi connectivity index (χ2n) is 8.74. The molecule has 1 fully saturated rings. The maximum atomic E-state index is 14.1. The second kappa shape index (κ2) is 8.10. The number of carbonyl (C=O) groups excluding carboxylic acids is 1. The number of anilines is 2. The third-order valence-corrected chi connectivity index (χ3v) is 9.74. The van der Waals surface area contributed by atoms with Gasteiger partial charge in [0.15, 0.2) is 7.29 Å². The fourth-order valence-corrected chi connectivity index (χ4v) is 7.95. The number of nitrogens with one attached hydrogen (secondary N) is 3. The van der Waals surface area contributed by atoms with Gasteiger partial charge in [-0.25, -0.2) is 0 Å². The molecular formula is C24H27N4O2P. The lowest BCUT2D eigenvalue weighted by Crippen LogP contribution is -2.31. The topological polar surface area (TPSA) is 83.1 Å². The van der Waals surface area contributed by atoms with Gasteiger partial charge in [-0.1, -0.05) is 37.3 Å². The Morgan fingerprint density at radius 2 is 2.10 bits per heavy atom. The fraction of sp³-hybridized carbons (Fsp3) is 0.333. The van der Waals surface area contributed by atoms with Crippen molar-refractivity contribution in [1.82, 2.24) is 10.1 Å². The lowest BCUT2D eigenvalue weighted by atomic mass is 10.1. The summed E-state index contributed by atoms with van der Waals surface area (Å²) in [6, 6.07) is 16.1. The van der Waals surface area contributed by atoms with Crippen LogP contribution in [0.25, 0.3) is 10.9 Å². The molecule has 2 unspecified atom stereocenters. The number of hydrogen-bond acceptors (Lipinski definition) is 4. The highest BCUT2D eigenvalue weighted by Crippen LogP contribution is 2.58. The summed E-state index contributed by atoms with van der Waals surface area (Å²) >= 11 is 0. The van der Waals surface area contributed by atoms with E-state index in [0.29, 0.717) is 25.0 Å². The smallest absolute Gasteiger partial charge is 0.228 e. The number of amides is 1. The number of fused-ring (bicyclic) bond motifs is 2. The molecule has 0 bridgehead atoms. The highest BCUT2D eigenvalue weighted by atomic mass is 31.2. The first kappa shape index (κ1) is 20.2. The zero-order chi connectivity index (χ0) is 21.4. The molecule has 3 atom stereocenters. The third-order valence-electron chi connectivity index (χ3n) is 6.33. The Balaban J connectivity index is 1.46. The van der Waals surface area contributed by atoms with Crippen LogP contribution >= 0.6 is 7.29 Å². The van der Waals surface area contributed by atoms with Crippen molar-refractivity contribution < 1.29 is 9.36 Å². The van der Waals surface area contributed by atoms with E-state index >= 15 is 0 Å². The van der Waals surface area contributed by atoms with E-state index in [-0.39, 0.29) is 11.6 Å². The van der Waals surface area contributed by atoms with Gasteiger partial charge >= 0.3 is 0 Å². The van der Waals surface area contributed by atoms with E-state index in [1.54, 1.807) is 0 Å². The summed E-state index contributed by atoms with van der Waals surface area (Å²) in [5, 5.41) is 10.8. The molecule has 0 saturated carbocycles. The van der Waals surface area contributed by atoms with Crippen LogP contribution in [0.4, 0.5) is 11.4 Å². The molecule has 1 saturated heterocycles. The van der Waals surface area contributed by atoms with Crippen molar-refractivity contribution in [2.24, 2.45) is 5.92 Å². The van der Waals surface area contributed by atoms with Crippen LogP contribution in [0.1, 0.15) is 30.1 Å². The Kier molecular flexibility index (Phi) is 5.28. The Bertz CT molecular complexity index is 1200.